The molecule has 0 unspecified atom stereocenters. The molecule has 3 aromatic carbocycles. The van der Waals surface area contributed by atoms with Crippen LogP contribution in [-0.2, 0) is 0 Å². The zero-order chi connectivity index (χ0) is 18.1. The number of aliphatic hydroxyl groups is 1. The molecule has 4 rings (SSSR count). The van der Waals surface area contributed by atoms with Gasteiger partial charge in [0, 0.05) is 19.0 Å². The van der Waals surface area contributed by atoms with Gasteiger partial charge in [-0.05, 0) is 34.9 Å². The number of rotatable bonds is 2. The van der Waals surface area contributed by atoms with Crippen LogP contribution < -0.4 is 0 Å². The fourth-order valence-electron chi connectivity index (χ4n) is 3.75. The predicted molar refractivity (Wildman–Crippen MR) is 99.6 cm³/mol. The standard InChI is InChI=1S/C22H20FNO2/c23-20-8-4-3-7-19(20)22(26)24-12-11-18(21(25)14-24)17-10-9-15-5-1-2-6-16(15)13-17/h1-10,13,18,21,25H,11-12,14H2/t18-,21+/m0/s1. The molecule has 132 valence electrons. The van der Waals surface area contributed by atoms with Gasteiger partial charge in [0.1, 0.15) is 5.82 Å². The number of aliphatic hydroxyl groups excluding tert-OH is 1. The Kier molecular flexibility index (Phi) is 4.43. The van der Waals surface area contributed by atoms with Crippen LogP contribution in [0, 0.1) is 5.82 Å². The SMILES string of the molecule is O=C(c1ccccc1F)N1CC[C@@H](c2ccc3ccccc3c2)[C@H](O)C1. The third-order valence-electron chi connectivity index (χ3n) is 5.18. The zero-order valence-corrected chi connectivity index (χ0v) is 14.3. The number of halogens is 1. The summed E-state index contributed by atoms with van der Waals surface area (Å²) in [5.74, 6) is -0.910. The Bertz CT molecular complexity index is 956. The number of β-amino-alcohol motifs (C(OH)–C–C–N with tert-alkyl or cyclic N) is 1. The molecule has 3 nitrogen and oxygen atoms in total. The van der Waals surface area contributed by atoms with Crippen molar-refractivity contribution in [3.63, 3.8) is 0 Å². The van der Waals surface area contributed by atoms with Gasteiger partial charge in [-0.1, -0.05) is 54.6 Å². The summed E-state index contributed by atoms with van der Waals surface area (Å²) in [5, 5.41) is 12.9. The van der Waals surface area contributed by atoms with Gasteiger partial charge in [0.05, 0.1) is 11.7 Å². The molecule has 0 spiro atoms. The van der Waals surface area contributed by atoms with Gasteiger partial charge in [0.25, 0.3) is 5.91 Å². The molecule has 1 amide bonds. The minimum atomic E-state index is -0.666. The van der Waals surface area contributed by atoms with Crippen LogP contribution in [-0.4, -0.2) is 35.1 Å². The Hall–Kier alpha value is -2.72. The largest absolute Gasteiger partial charge is 0.391 e. The highest BCUT2D eigenvalue weighted by atomic mass is 19.1. The Labute approximate surface area is 151 Å². The van der Waals surface area contributed by atoms with E-state index in [1.165, 1.54) is 12.1 Å². The highest BCUT2D eigenvalue weighted by Gasteiger charge is 2.32. The average molecular weight is 349 g/mol. The van der Waals surface area contributed by atoms with Gasteiger partial charge in [0.2, 0.25) is 0 Å². The molecular weight excluding hydrogens is 329 g/mol. The van der Waals surface area contributed by atoms with E-state index in [1.807, 2.05) is 18.2 Å². The van der Waals surface area contributed by atoms with Crippen LogP contribution in [0.15, 0.2) is 66.7 Å². The van der Waals surface area contributed by atoms with Crippen LogP contribution in [0.1, 0.15) is 28.3 Å². The number of fused-ring (bicyclic) bond motifs is 1. The lowest BCUT2D eigenvalue weighted by molar-refractivity contribution is 0.0379. The van der Waals surface area contributed by atoms with Crippen molar-refractivity contribution in [2.24, 2.45) is 0 Å². The van der Waals surface area contributed by atoms with E-state index >= 15 is 0 Å². The molecule has 0 aromatic heterocycles. The highest BCUT2D eigenvalue weighted by Crippen LogP contribution is 2.31. The van der Waals surface area contributed by atoms with Crippen LogP contribution >= 0.6 is 0 Å². The first kappa shape index (κ1) is 16.7. The van der Waals surface area contributed by atoms with Crippen molar-refractivity contribution in [2.45, 2.75) is 18.4 Å². The topological polar surface area (TPSA) is 40.5 Å². The molecule has 4 heteroatoms. The smallest absolute Gasteiger partial charge is 0.256 e. The van der Waals surface area contributed by atoms with E-state index in [4.69, 9.17) is 0 Å². The number of carbonyl (C=O) groups is 1. The van der Waals surface area contributed by atoms with Gasteiger partial charge in [-0.25, -0.2) is 4.39 Å². The van der Waals surface area contributed by atoms with Crippen molar-refractivity contribution in [1.29, 1.82) is 0 Å². The van der Waals surface area contributed by atoms with E-state index in [0.717, 1.165) is 16.3 Å². The normalized spacial score (nSPS) is 20.3. The van der Waals surface area contributed by atoms with Gasteiger partial charge in [-0.15, -0.1) is 0 Å². The molecule has 26 heavy (non-hydrogen) atoms. The molecule has 3 aromatic rings. The summed E-state index contributed by atoms with van der Waals surface area (Å²) < 4.78 is 13.9. The van der Waals surface area contributed by atoms with Crippen LogP contribution in [0.5, 0.6) is 0 Å². The Morgan fingerprint density at radius 1 is 1.00 bits per heavy atom. The molecule has 0 bridgehead atoms. The van der Waals surface area contributed by atoms with Crippen molar-refractivity contribution < 1.29 is 14.3 Å². The summed E-state index contributed by atoms with van der Waals surface area (Å²) in [6.45, 7) is 0.715. The molecule has 1 fully saturated rings. The first-order valence-electron chi connectivity index (χ1n) is 8.84. The maximum absolute atomic E-state index is 13.9. The molecule has 1 aliphatic rings. The lowest BCUT2D eigenvalue weighted by Crippen LogP contribution is -2.45. The zero-order valence-electron chi connectivity index (χ0n) is 14.3. The van der Waals surface area contributed by atoms with Crippen molar-refractivity contribution in [2.75, 3.05) is 13.1 Å². The monoisotopic (exact) mass is 349 g/mol. The highest BCUT2D eigenvalue weighted by molar-refractivity contribution is 5.94. The Morgan fingerprint density at radius 2 is 1.73 bits per heavy atom. The Balaban J connectivity index is 1.53. The molecule has 1 N–H and O–H groups in total. The molecule has 1 heterocycles. The molecular formula is C22H20FNO2. The first-order chi connectivity index (χ1) is 12.6. The number of piperidine rings is 1. The molecule has 2 atom stereocenters. The van der Waals surface area contributed by atoms with Gasteiger partial charge in [-0.2, -0.15) is 0 Å². The summed E-state index contributed by atoms with van der Waals surface area (Å²) in [4.78, 5) is 14.1. The maximum Gasteiger partial charge on any atom is 0.256 e. The van der Waals surface area contributed by atoms with E-state index in [1.54, 1.807) is 17.0 Å². The number of hydrogen-bond acceptors (Lipinski definition) is 2. The van der Waals surface area contributed by atoms with Crippen LogP contribution in [0.3, 0.4) is 0 Å². The minimum Gasteiger partial charge on any atom is -0.391 e. The minimum absolute atomic E-state index is 0.0238. The van der Waals surface area contributed by atoms with Crippen molar-refractivity contribution >= 4 is 16.7 Å². The lowest BCUT2D eigenvalue weighted by Gasteiger charge is -2.36. The molecule has 1 saturated heterocycles. The van der Waals surface area contributed by atoms with Gasteiger partial charge < -0.3 is 10.0 Å². The summed E-state index contributed by atoms with van der Waals surface area (Å²) in [5.41, 5.74) is 1.14. The van der Waals surface area contributed by atoms with E-state index in [0.29, 0.717) is 13.0 Å². The molecule has 1 aliphatic heterocycles. The molecule has 0 radical (unpaired) electrons. The Morgan fingerprint density at radius 3 is 2.50 bits per heavy atom. The van der Waals surface area contributed by atoms with E-state index in [2.05, 4.69) is 24.3 Å². The van der Waals surface area contributed by atoms with Gasteiger partial charge in [0.15, 0.2) is 0 Å². The summed E-state index contributed by atoms with van der Waals surface area (Å²) >= 11 is 0. The van der Waals surface area contributed by atoms with Crippen molar-refractivity contribution in [3.8, 4) is 0 Å². The van der Waals surface area contributed by atoms with Crippen molar-refractivity contribution in [3.05, 3.63) is 83.7 Å². The average Bonchev–Trinajstić information content (AvgIpc) is 2.67. The van der Waals surface area contributed by atoms with Crippen molar-refractivity contribution in [1.82, 2.24) is 4.90 Å². The second-order valence-corrected chi connectivity index (χ2v) is 6.80. The fraction of sp³-hybridized carbons (Fsp3) is 0.227. The van der Waals surface area contributed by atoms with Gasteiger partial charge >= 0.3 is 0 Å². The maximum atomic E-state index is 13.9. The number of nitrogens with zero attached hydrogens (tertiary/aromatic N) is 1. The molecule has 0 aliphatic carbocycles. The van der Waals surface area contributed by atoms with Crippen LogP contribution in [0.2, 0.25) is 0 Å². The fourth-order valence-corrected chi connectivity index (χ4v) is 3.75. The first-order valence-corrected chi connectivity index (χ1v) is 8.84. The number of likely N-dealkylation sites (tertiary alicyclic amines) is 1. The van der Waals surface area contributed by atoms with E-state index in [-0.39, 0.29) is 23.9 Å². The summed E-state index contributed by atoms with van der Waals surface area (Å²) in [7, 11) is 0. The third-order valence-corrected chi connectivity index (χ3v) is 5.18. The second-order valence-electron chi connectivity index (χ2n) is 6.80. The van der Waals surface area contributed by atoms with Crippen LogP contribution in [0.25, 0.3) is 10.8 Å². The number of benzene rings is 3. The van der Waals surface area contributed by atoms with Crippen LogP contribution in [0.4, 0.5) is 4.39 Å². The summed E-state index contributed by atoms with van der Waals surface area (Å²) in [6.07, 6.45) is -0.0136. The number of hydrogen-bond donors (Lipinski definition) is 1. The van der Waals surface area contributed by atoms with Gasteiger partial charge in [-0.3, -0.25) is 4.79 Å². The van der Waals surface area contributed by atoms with E-state index < -0.39 is 11.9 Å². The molecule has 0 saturated carbocycles. The number of carbonyl (C=O) groups excluding carboxylic acids is 1. The lowest BCUT2D eigenvalue weighted by atomic mass is 9.86. The predicted octanol–water partition coefficient (Wildman–Crippen LogP) is 3.97. The second kappa shape index (κ2) is 6.89. The van der Waals surface area contributed by atoms with E-state index in [9.17, 15) is 14.3 Å². The number of amides is 1. The quantitative estimate of drug-likeness (QED) is 0.760. The third kappa shape index (κ3) is 3.08. The summed E-state index contributed by atoms with van der Waals surface area (Å²) in [6, 6.07) is 20.3.